The van der Waals surface area contributed by atoms with E-state index < -0.39 is 23.9 Å². The molecule has 0 saturated carbocycles. The first-order chi connectivity index (χ1) is 17.7. The Hall–Kier alpha value is -2.71. The Labute approximate surface area is 225 Å². The number of benzene rings is 1. The van der Waals surface area contributed by atoms with Gasteiger partial charge in [0, 0.05) is 24.8 Å². The largest absolute Gasteiger partial charge is 0.514 e. The maximum Gasteiger partial charge on any atom is 0.514 e. The zero-order chi connectivity index (χ0) is 27.5. The Morgan fingerprint density at radius 1 is 1.05 bits per heavy atom. The number of hydrogen-bond acceptors (Lipinski definition) is 5. The Morgan fingerprint density at radius 2 is 1.71 bits per heavy atom. The lowest BCUT2D eigenvalue weighted by atomic mass is 9.67. The number of halogens is 1. The summed E-state index contributed by atoms with van der Waals surface area (Å²) in [5, 5.41) is 0. The monoisotopic (exact) mass is 520 g/mol. The second kappa shape index (κ2) is 9.20. The predicted molar refractivity (Wildman–Crippen MR) is 147 cm³/mol. The average Bonchev–Trinajstić information content (AvgIpc) is 3.05. The summed E-state index contributed by atoms with van der Waals surface area (Å²) in [5.74, 6) is -0.257. The van der Waals surface area contributed by atoms with Crippen molar-refractivity contribution in [2.24, 2.45) is 5.41 Å². The van der Waals surface area contributed by atoms with E-state index in [0.717, 1.165) is 41.5 Å². The van der Waals surface area contributed by atoms with E-state index in [1.807, 2.05) is 72.9 Å². The summed E-state index contributed by atoms with van der Waals surface area (Å²) in [6.07, 6.45) is 6.28. The average molecular weight is 520 g/mol. The van der Waals surface area contributed by atoms with Gasteiger partial charge in [0.1, 0.15) is 11.4 Å². The molecule has 1 aromatic heterocycles. The molecule has 0 atom stereocenters. The van der Waals surface area contributed by atoms with Gasteiger partial charge in [0.15, 0.2) is 0 Å². The van der Waals surface area contributed by atoms with E-state index in [2.05, 4.69) is 6.08 Å². The molecule has 1 spiro atoms. The molecule has 1 amide bonds. The van der Waals surface area contributed by atoms with Gasteiger partial charge in [0.25, 0.3) is 0 Å². The summed E-state index contributed by atoms with van der Waals surface area (Å²) in [4.78, 5) is 19.2. The molecule has 6 nitrogen and oxygen atoms in total. The van der Waals surface area contributed by atoms with E-state index in [-0.39, 0.29) is 17.3 Å². The van der Waals surface area contributed by atoms with Gasteiger partial charge in [-0.05, 0) is 108 Å². The van der Waals surface area contributed by atoms with Crippen molar-refractivity contribution in [1.82, 2.24) is 9.88 Å². The number of piperidine rings is 1. The third-order valence-corrected chi connectivity index (χ3v) is 8.36. The van der Waals surface area contributed by atoms with E-state index in [9.17, 15) is 9.18 Å². The molecule has 0 bridgehead atoms. The van der Waals surface area contributed by atoms with Crippen LogP contribution in [0.1, 0.15) is 78.0 Å². The van der Waals surface area contributed by atoms with Gasteiger partial charge in [-0.25, -0.2) is 9.18 Å². The fourth-order valence-electron chi connectivity index (χ4n) is 5.46. The van der Waals surface area contributed by atoms with Crippen molar-refractivity contribution in [2.75, 3.05) is 13.1 Å². The van der Waals surface area contributed by atoms with Crippen molar-refractivity contribution < 1.29 is 23.2 Å². The molecule has 38 heavy (non-hydrogen) atoms. The molecule has 2 aliphatic heterocycles. The Balaban J connectivity index is 1.42. The fourth-order valence-corrected chi connectivity index (χ4v) is 5.46. The third kappa shape index (κ3) is 5.13. The Bertz CT molecular complexity index is 1240. The predicted octanol–water partition coefficient (Wildman–Crippen LogP) is 5.53. The van der Waals surface area contributed by atoms with Crippen LogP contribution < -0.4 is 5.59 Å². The molecule has 3 heterocycles. The highest BCUT2D eigenvalue weighted by molar-refractivity contribution is 6.61. The number of fused-ring (bicyclic) bond motifs is 1. The minimum absolute atomic E-state index is 0.122. The third-order valence-electron chi connectivity index (χ3n) is 8.36. The van der Waals surface area contributed by atoms with Crippen LogP contribution in [0.15, 0.2) is 42.6 Å². The number of amides is 1. The molecule has 8 heteroatoms. The molecule has 3 aliphatic rings. The van der Waals surface area contributed by atoms with Crippen LogP contribution in [-0.2, 0) is 20.5 Å². The number of ether oxygens (including phenoxy) is 1. The number of carbonyl (C=O) groups is 1. The van der Waals surface area contributed by atoms with Crippen LogP contribution in [0, 0.1) is 11.2 Å². The summed E-state index contributed by atoms with van der Waals surface area (Å²) < 4.78 is 32.3. The molecule has 0 radical (unpaired) electrons. The summed E-state index contributed by atoms with van der Waals surface area (Å²) in [6, 6.07) is 9.00. The van der Waals surface area contributed by atoms with Crippen LogP contribution in [-0.4, -0.2) is 53.0 Å². The zero-order valence-electron chi connectivity index (χ0n) is 23.6. The zero-order valence-corrected chi connectivity index (χ0v) is 23.6. The number of hydrogen-bond donors (Lipinski definition) is 0. The van der Waals surface area contributed by atoms with Crippen molar-refractivity contribution in [2.45, 2.75) is 84.5 Å². The maximum absolute atomic E-state index is 14.4. The molecular formula is C30H38BFN2O4. The number of rotatable bonds is 2. The lowest BCUT2D eigenvalue weighted by molar-refractivity contribution is 0.00578. The minimum Gasteiger partial charge on any atom is -0.444 e. The van der Waals surface area contributed by atoms with Crippen molar-refractivity contribution in [1.29, 1.82) is 0 Å². The van der Waals surface area contributed by atoms with Crippen LogP contribution in [0.4, 0.5) is 9.18 Å². The van der Waals surface area contributed by atoms with Gasteiger partial charge in [-0.2, -0.15) is 0 Å². The van der Waals surface area contributed by atoms with Gasteiger partial charge in [-0.1, -0.05) is 18.2 Å². The fraction of sp³-hybridized carbons (Fsp3) is 0.533. The highest BCUT2D eigenvalue weighted by Crippen LogP contribution is 2.46. The van der Waals surface area contributed by atoms with E-state index in [4.69, 9.17) is 19.0 Å². The normalized spacial score (nSPS) is 21.7. The van der Waals surface area contributed by atoms with Crippen molar-refractivity contribution in [3.8, 4) is 0 Å². The highest BCUT2D eigenvalue weighted by atomic mass is 19.1. The second-order valence-corrected chi connectivity index (χ2v) is 12.9. The van der Waals surface area contributed by atoms with Gasteiger partial charge in [0.05, 0.1) is 16.8 Å². The van der Waals surface area contributed by atoms with Crippen LogP contribution in [0.2, 0.25) is 0 Å². The lowest BCUT2D eigenvalue weighted by Crippen LogP contribution is -2.46. The molecule has 2 saturated heterocycles. The van der Waals surface area contributed by atoms with E-state index >= 15 is 0 Å². The summed E-state index contributed by atoms with van der Waals surface area (Å²) in [5.41, 5.74) is 3.09. The Morgan fingerprint density at radius 3 is 2.29 bits per heavy atom. The first kappa shape index (κ1) is 26.9. The molecule has 0 unspecified atom stereocenters. The standard InChI is InChI=1S/C30H38BFN2O4/c1-27(2,3)36-26(35)34-14-12-30(13-15-34)17-20-8-10-22(32)16-23(20)24(18-30)21-9-11-25(33-19-21)31-37-28(4,5)29(6,7)38-31/h8-11,16,18-19H,12-15,17H2,1-7H3. The van der Waals surface area contributed by atoms with E-state index in [1.165, 1.54) is 6.07 Å². The lowest BCUT2D eigenvalue weighted by Gasteiger charge is -2.43. The summed E-state index contributed by atoms with van der Waals surface area (Å²) >= 11 is 0. The SMILES string of the molecule is CC(C)(C)OC(=O)N1CCC2(C=C(c3ccc(B4OC(C)(C)C(C)(C)O4)nc3)c3cc(F)ccc3C2)CC1. The number of allylic oxidation sites excluding steroid dienone is 1. The van der Waals surface area contributed by atoms with Crippen molar-refractivity contribution in [3.05, 3.63) is 65.1 Å². The van der Waals surface area contributed by atoms with Crippen molar-refractivity contribution in [3.63, 3.8) is 0 Å². The van der Waals surface area contributed by atoms with Gasteiger partial charge >= 0.3 is 13.2 Å². The molecular weight excluding hydrogens is 482 g/mol. The van der Waals surface area contributed by atoms with Crippen LogP contribution in [0.3, 0.4) is 0 Å². The van der Waals surface area contributed by atoms with Crippen LogP contribution in [0.5, 0.6) is 0 Å². The van der Waals surface area contributed by atoms with Gasteiger partial charge in [0.2, 0.25) is 0 Å². The van der Waals surface area contributed by atoms with Gasteiger partial charge < -0.3 is 18.9 Å². The summed E-state index contributed by atoms with van der Waals surface area (Å²) in [6.45, 7) is 15.0. The first-order valence-corrected chi connectivity index (χ1v) is 13.5. The van der Waals surface area contributed by atoms with Gasteiger partial charge in [-0.15, -0.1) is 0 Å². The quantitative estimate of drug-likeness (QED) is 0.488. The number of nitrogens with zero attached hydrogens (tertiary/aromatic N) is 2. The molecule has 202 valence electrons. The smallest absolute Gasteiger partial charge is 0.444 e. The summed E-state index contributed by atoms with van der Waals surface area (Å²) in [7, 11) is -0.539. The first-order valence-electron chi connectivity index (χ1n) is 13.5. The molecule has 2 aromatic rings. The van der Waals surface area contributed by atoms with E-state index in [1.54, 1.807) is 11.0 Å². The topological polar surface area (TPSA) is 60.9 Å². The van der Waals surface area contributed by atoms with Crippen molar-refractivity contribution >= 4 is 24.4 Å². The minimum atomic E-state index is -0.539. The Kier molecular flexibility index (Phi) is 6.51. The number of carbonyl (C=O) groups excluding carboxylic acids is 1. The van der Waals surface area contributed by atoms with Crippen LogP contribution in [0.25, 0.3) is 5.57 Å². The second-order valence-electron chi connectivity index (χ2n) is 12.9. The maximum atomic E-state index is 14.4. The van der Waals surface area contributed by atoms with Crippen LogP contribution >= 0.6 is 0 Å². The number of aromatic nitrogens is 1. The van der Waals surface area contributed by atoms with E-state index in [0.29, 0.717) is 18.7 Å². The molecule has 1 aromatic carbocycles. The molecule has 1 aliphatic carbocycles. The molecule has 0 N–H and O–H groups in total. The number of likely N-dealkylation sites (tertiary alicyclic amines) is 1. The highest BCUT2D eigenvalue weighted by Gasteiger charge is 2.52. The molecule has 5 rings (SSSR count). The molecule has 2 fully saturated rings. The van der Waals surface area contributed by atoms with Gasteiger partial charge in [-0.3, -0.25) is 4.98 Å². The number of pyridine rings is 1.